The molecule has 1 rings (SSSR count). The second kappa shape index (κ2) is 6.74. The van der Waals surface area contributed by atoms with Crippen LogP contribution in [0.2, 0.25) is 0 Å². The molecule has 1 heterocycles. The number of rotatable bonds is 7. The Morgan fingerprint density at radius 1 is 1.29 bits per heavy atom. The standard InChI is InChI=1S/C13H26N4/c1-6-14-12(11(5)10(3)4)8-13-15-9-16-17(13)7-2/h9-12,14H,6-8H2,1-5H3. The van der Waals surface area contributed by atoms with E-state index in [9.17, 15) is 0 Å². The molecule has 1 aromatic heterocycles. The number of nitrogens with one attached hydrogen (secondary N) is 1. The van der Waals surface area contributed by atoms with Gasteiger partial charge in [-0.15, -0.1) is 0 Å². The highest BCUT2D eigenvalue weighted by Crippen LogP contribution is 2.17. The fourth-order valence-corrected chi connectivity index (χ4v) is 2.08. The Labute approximate surface area is 105 Å². The Morgan fingerprint density at radius 2 is 2.00 bits per heavy atom. The van der Waals surface area contributed by atoms with Crippen LogP contribution in [-0.2, 0) is 13.0 Å². The van der Waals surface area contributed by atoms with E-state index in [2.05, 4.69) is 50.0 Å². The van der Waals surface area contributed by atoms with Gasteiger partial charge in [-0.2, -0.15) is 5.10 Å². The van der Waals surface area contributed by atoms with E-state index in [-0.39, 0.29) is 0 Å². The maximum atomic E-state index is 4.36. The Kier molecular flexibility index (Phi) is 5.62. The average molecular weight is 238 g/mol. The summed E-state index contributed by atoms with van der Waals surface area (Å²) in [5, 5.41) is 7.80. The fraction of sp³-hybridized carbons (Fsp3) is 0.846. The third kappa shape index (κ3) is 3.80. The summed E-state index contributed by atoms with van der Waals surface area (Å²) in [6, 6.07) is 0.481. The minimum atomic E-state index is 0.481. The predicted octanol–water partition coefficient (Wildman–Crippen LogP) is 2.11. The molecule has 1 aromatic rings. The molecule has 4 heteroatoms. The molecule has 0 fully saturated rings. The molecular weight excluding hydrogens is 212 g/mol. The second-order valence-corrected chi connectivity index (χ2v) is 4.96. The van der Waals surface area contributed by atoms with Gasteiger partial charge in [-0.3, -0.25) is 4.68 Å². The van der Waals surface area contributed by atoms with Crippen molar-refractivity contribution in [3.8, 4) is 0 Å². The first kappa shape index (κ1) is 14.2. The van der Waals surface area contributed by atoms with Crippen LogP contribution in [0, 0.1) is 11.8 Å². The number of nitrogens with zero attached hydrogens (tertiary/aromatic N) is 3. The minimum Gasteiger partial charge on any atom is -0.314 e. The molecule has 17 heavy (non-hydrogen) atoms. The molecule has 98 valence electrons. The molecule has 0 radical (unpaired) electrons. The van der Waals surface area contributed by atoms with E-state index in [1.165, 1.54) is 0 Å². The summed E-state index contributed by atoms with van der Waals surface area (Å²) in [6.45, 7) is 13.0. The van der Waals surface area contributed by atoms with E-state index in [4.69, 9.17) is 0 Å². The average Bonchev–Trinajstić information content (AvgIpc) is 2.74. The van der Waals surface area contributed by atoms with E-state index >= 15 is 0 Å². The molecule has 2 unspecified atom stereocenters. The van der Waals surface area contributed by atoms with Gasteiger partial charge in [-0.25, -0.2) is 4.98 Å². The van der Waals surface area contributed by atoms with Crippen molar-refractivity contribution < 1.29 is 0 Å². The molecule has 0 aliphatic heterocycles. The van der Waals surface area contributed by atoms with Crippen molar-refractivity contribution >= 4 is 0 Å². The van der Waals surface area contributed by atoms with Crippen LogP contribution < -0.4 is 5.32 Å². The van der Waals surface area contributed by atoms with Crippen molar-refractivity contribution in [2.45, 2.75) is 53.6 Å². The van der Waals surface area contributed by atoms with E-state index in [1.807, 2.05) is 4.68 Å². The smallest absolute Gasteiger partial charge is 0.138 e. The first-order valence-electron chi connectivity index (χ1n) is 6.70. The van der Waals surface area contributed by atoms with Gasteiger partial charge in [-0.05, 0) is 25.3 Å². The van der Waals surface area contributed by atoms with E-state index in [0.29, 0.717) is 17.9 Å². The van der Waals surface area contributed by atoms with Crippen LogP contribution in [-0.4, -0.2) is 27.4 Å². The van der Waals surface area contributed by atoms with Gasteiger partial charge < -0.3 is 5.32 Å². The highest BCUT2D eigenvalue weighted by atomic mass is 15.3. The van der Waals surface area contributed by atoms with Crippen LogP contribution >= 0.6 is 0 Å². The first-order valence-corrected chi connectivity index (χ1v) is 6.70. The minimum absolute atomic E-state index is 0.481. The molecule has 0 amide bonds. The third-order valence-electron chi connectivity index (χ3n) is 3.55. The van der Waals surface area contributed by atoms with Crippen LogP contribution in [0.15, 0.2) is 6.33 Å². The zero-order valence-corrected chi connectivity index (χ0v) is 11.8. The number of hydrogen-bond acceptors (Lipinski definition) is 3. The molecule has 2 atom stereocenters. The fourth-order valence-electron chi connectivity index (χ4n) is 2.08. The van der Waals surface area contributed by atoms with Crippen molar-refractivity contribution in [3.63, 3.8) is 0 Å². The predicted molar refractivity (Wildman–Crippen MR) is 70.9 cm³/mol. The maximum Gasteiger partial charge on any atom is 0.138 e. The third-order valence-corrected chi connectivity index (χ3v) is 3.55. The largest absolute Gasteiger partial charge is 0.314 e. The van der Waals surface area contributed by atoms with Gasteiger partial charge in [0.15, 0.2) is 0 Å². The van der Waals surface area contributed by atoms with Crippen LogP contribution in [0.25, 0.3) is 0 Å². The lowest BCUT2D eigenvalue weighted by molar-refractivity contribution is 0.294. The van der Waals surface area contributed by atoms with Crippen LogP contribution in [0.4, 0.5) is 0 Å². The zero-order chi connectivity index (χ0) is 12.8. The summed E-state index contributed by atoms with van der Waals surface area (Å²) in [6.07, 6.45) is 2.61. The molecule has 0 aromatic carbocycles. The summed E-state index contributed by atoms with van der Waals surface area (Å²) in [5.41, 5.74) is 0. The summed E-state index contributed by atoms with van der Waals surface area (Å²) in [7, 11) is 0. The van der Waals surface area contributed by atoms with Crippen LogP contribution in [0.3, 0.4) is 0 Å². The van der Waals surface area contributed by atoms with Gasteiger partial charge in [0.1, 0.15) is 12.2 Å². The Morgan fingerprint density at radius 3 is 2.53 bits per heavy atom. The maximum absolute atomic E-state index is 4.36. The molecule has 4 nitrogen and oxygen atoms in total. The molecular formula is C13H26N4. The number of aryl methyl sites for hydroxylation is 1. The summed E-state index contributed by atoms with van der Waals surface area (Å²) in [4.78, 5) is 4.36. The van der Waals surface area contributed by atoms with E-state index in [1.54, 1.807) is 6.33 Å². The van der Waals surface area contributed by atoms with Crippen molar-refractivity contribution in [1.29, 1.82) is 0 Å². The summed E-state index contributed by atoms with van der Waals surface area (Å²) < 4.78 is 1.98. The van der Waals surface area contributed by atoms with Gasteiger partial charge in [0.25, 0.3) is 0 Å². The Hall–Kier alpha value is -0.900. The molecule has 0 spiro atoms. The molecule has 0 saturated heterocycles. The molecule has 0 bridgehead atoms. The second-order valence-electron chi connectivity index (χ2n) is 4.96. The first-order chi connectivity index (χ1) is 8.10. The molecule has 0 aliphatic rings. The van der Waals surface area contributed by atoms with Crippen molar-refractivity contribution in [2.75, 3.05) is 6.54 Å². The number of aromatic nitrogens is 3. The van der Waals surface area contributed by atoms with Crippen LogP contribution in [0.1, 0.15) is 40.4 Å². The van der Waals surface area contributed by atoms with Gasteiger partial charge in [-0.1, -0.05) is 27.7 Å². The summed E-state index contributed by atoms with van der Waals surface area (Å²) in [5.74, 6) is 2.40. The zero-order valence-electron chi connectivity index (χ0n) is 11.8. The van der Waals surface area contributed by atoms with E-state index in [0.717, 1.165) is 25.3 Å². The van der Waals surface area contributed by atoms with Gasteiger partial charge in [0.2, 0.25) is 0 Å². The lowest BCUT2D eigenvalue weighted by atomic mass is 9.88. The summed E-state index contributed by atoms with van der Waals surface area (Å²) >= 11 is 0. The van der Waals surface area contributed by atoms with Gasteiger partial charge >= 0.3 is 0 Å². The molecule has 0 saturated carbocycles. The SMILES string of the molecule is CCNC(Cc1ncnn1CC)C(C)C(C)C. The van der Waals surface area contributed by atoms with E-state index < -0.39 is 0 Å². The lowest BCUT2D eigenvalue weighted by Crippen LogP contribution is -2.39. The topological polar surface area (TPSA) is 42.7 Å². The molecule has 0 aliphatic carbocycles. The Balaban J connectivity index is 2.72. The molecule has 1 N–H and O–H groups in total. The van der Waals surface area contributed by atoms with Crippen molar-refractivity contribution in [3.05, 3.63) is 12.2 Å². The Bertz CT molecular complexity index is 319. The van der Waals surface area contributed by atoms with Gasteiger partial charge in [0.05, 0.1) is 0 Å². The van der Waals surface area contributed by atoms with Crippen LogP contribution in [0.5, 0.6) is 0 Å². The quantitative estimate of drug-likeness (QED) is 0.791. The van der Waals surface area contributed by atoms with Crippen molar-refractivity contribution in [1.82, 2.24) is 20.1 Å². The normalized spacial score (nSPS) is 15.2. The lowest BCUT2D eigenvalue weighted by Gasteiger charge is -2.27. The number of hydrogen-bond donors (Lipinski definition) is 1. The monoisotopic (exact) mass is 238 g/mol. The van der Waals surface area contributed by atoms with Crippen molar-refractivity contribution in [2.24, 2.45) is 11.8 Å². The van der Waals surface area contributed by atoms with Gasteiger partial charge in [0, 0.05) is 19.0 Å². The highest BCUT2D eigenvalue weighted by molar-refractivity contribution is 4.92. The highest BCUT2D eigenvalue weighted by Gasteiger charge is 2.21. The number of likely N-dealkylation sites (N-methyl/N-ethyl adjacent to an activating group) is 1.